The second-order valence-electron chi connectivity index (χ2n) is 6.73. The summed E-state index contributed by atoms with van der Waals surface area (Å²) < 4.78 is 0. The Morgan fingerprint density at radius 3 is 2.35 bits per heavy atom. The van der Waals surface area contributed by atoms with Gasteiger partial charge in [-0.25, -0.2) is 0 Å². The van der Waals surface area contributed by atoms with Crippen molar-refractivity contribution in [2.24, 2.45) is 0 Å². The lowest BCUT2D eigenvalue weighted by Crippen LogP contribution is -2.27. The van der Waals surface area contributed by atoms with Crippen LogP contribution < -0.4 is 5.32 Å². The minimum Gasteiger partial charge on any atom is -0.339 e. The summed E-state index contributed by atoms with van der Waals surface area (Å²) in [5.41, 5.74) is 1.86. The molecule has 0 aliphatic carbocycles. The van der Waals surface area contributed by atoms with Gasteiger partial charge in [-0.15, -0.1) is 11.8 Å². The highest BCUT2D eigenvalue weighted by atomic mass is 32.2. The molecule has 1 fully saturated rings. The number of rotatable bonds is 5. The molecule has 136 valence electrons. The quantitative estimate of drug-likeness (QED) is 0.780. The number of amides is 2. The maximum atomic E-state index is 12.5. The minimum atomic E-state index is -0.170. The second kappa shape index (κ2) is 8.41. The lowest BCUT2D eigenvalue weighted by molar-refractivity contribution is 0.0792. The number of benzene rings is 2. The number of likely N-dealkylation sites (tertiary alicyclic amines) is 1. The molecule has 0 radical (unpaired) electrons. The molecule has 0 unspecified atom stereocenters. The van der Waals surface area contributed by atoms with Crippen molar-refractivity contribution in [3.63, 3.8) is 0 Å². The van der Waals surface area contributed by atoms with Gasteiger partial charge in [-0.3, -0.25) is 9.59 Å². The number of hydrogen-bond acceptors (Lipinski definition) is 3. The van der Waals surface area contributed by atoms with Crippen molar-refractivity contribution in [2.75, 3.05) is 18.4 Å². The molecule has 0 saturated carbocycles. The fourth-order valence-corrected chi connectivity index (χ4v) is 3.83. The first-order valence-electron chi connectivity index (χ1n) is 9.00. The molecule has 0 bridgehead atoms. The van der Waals surface area contributed by atoms with Gasteiger partial charge in [0.2, 0.25) is 0 Å². The predicted molar refractivity (Wildman–Crippen MR) is 107 cm³/mol. The molecule has 1 aliphatic rings. The molecule has 1 saturated heterocycles. The lowest BCUT2D eigenvalue weighted by atomic mass is 10.1. The third kappa shape index (κ3) is 4.67. The second-order valence-corrected chi connectivity index (χ2v) is 8.38. The zero-order chi connectivity index (χ0) is 18.5. The van der Waals surface area contributed by atoms with Gasteiger partial charge in [0, 0.05) is 40.0 Å². The van der Waals surface area contributed by atoms with Crippen LogP contribution in [0.15, 0.2) is 53.4 Å². The van der Waals surface area contributed by atoms with Crippen LogP contribution in [0.2, 0.25) is 0 Å². The average molecular weight is 369 g/mol. The largest absolute Gasteiger partial charge is 0.339 e. The normalized spacial score (nSPS) is 13.9. The van der Waals surface area contributed by atoms with E-state index < -0.39 is 0 Å². The van der Waals surface area contributed by atoms with Crippen LogP contribution in [0.3, 0.4) is 0 Å². The number of anilines is 1. The van der Waals surface area contributed by atoms with E-state index in [2.05, 4.69) is 19.2 Å². The molecule has 1 N–H and O–H groups in total. The Kier molecular flexibility index (Phi) is 5.99. The molecule has 5 heteroatoms. The topological polar surface area (TPSA) is 49.4 Å². The first-order valence-corrected chi connectivity index (χ1v) is 9.88. The van der Waals surface area contributed by atoms with Crippen LogP contribution in [0.4, 0.5) is 5.69 Å². The molecule has 26 heavy (non-hydrogen) atoms. The summed E-state index contributed by atoms with van der Waals surface area (Å²) in [6, 6.07) is 14.8. The first kappa shape index (κ1) is 18.5. The maximum Gasteiger partial charge on any atom is 0.255 e. The summed E-state index contributed by atoms with van der Waals surface area (Å²) in [6.45, 7) is 5.91. The molecule has 0 spiro atoms. The number of nitrogens with one attached hydrogen (secondary N) is 1. The number of nitrogens with zero attached hydrogens (tertiary/aromatic N) is 1. The zero-order valence-corrected chi connectivity index (χ0v) is 16.0. The number of carbonyl (C=O) groups is 2. The first-order chi connectivity index (χ1) is 12.5. The van der Waals surface area contributed by atoms with E-state index in [9.17, 15) is 9.59 Å². The van der Waals surface area contributed by atoms with Gasteiger partial charge in [0.05, 0.1) is 0 Å². The zero-order valence-electron chi connectivity index (χ0n) is 15.2. The van der Waals surface area contributed by atoms with Crippen LogP contribution in [0.1, 0.15) is 47.4 Å². The smallest absolute Gasteiger partial charge is 0.255 e. The highest BCUT2D eigenvalue weighted by Crippen LogP contribution is 2.23. The fourth-order valence-electron chi connectivity index (χ4n) is 2.99. The minimum absolute atomic E-state index is 0.0358. The Balaban J connectivity index is 1.67. The third-order valence-electron chi connectivity index (χ3n) is 4.25. The van der Waals surface area contributed by atoms with E-state index in [0.29, 0.717) is 22.1 Å². The standard InChI is InChI=1S/C21H24N2O2S/c1-15(2)26-19-10-8-16(9-11-19)20(24)22-18-7-5-6-17(14-18)21(25)23-12-3-4-13-23/h5-11,14-15H,3-4,12-13H2,1-2H3,(H,22,24). The van der Waals surface area contributed by atoms with Gasteiger partial charge in [0.25, 0.3) is 11.8 Å². The predicted octanol–water partition coefficient (Wildman–Crippen LogP) is 4.68. The Hall–Kier alpha value is -2.27. The van der Waals surface area contributed by atoms with E-state index in [1.807, 2.05) is 35.2 Å². The van der Waals surface area contributed by atoms with Crippen LogP contribution in [0.5, 0.6) is 0 Å². The molecule has 4 nitrogen and oxygen atoms in total. The SMILES string of the molecule is CC(C)Sc1ccc(C(=O)Nc2cccc(C(=O)N3CCCC3)c2)cc1. The van der Waals surface area contributed by atoms with E-state index in [1.165, 1.54) is 0 Å². The van der Waals surface area contributed by atoms with Crippen LogP contribution >= 0.6 is 11.8 Å². The molecule has 2 aromatic rings. The average Bonchev–Trinajstić information content (AvgIpc) is 3.16. The van der Waals surface area contributed by atoms with Crippen LogP contribution in [-0.2, 0) is 0 Å². The Morgan fingerprint density at radius 1 is 1.00 bits per heavy atom. The summed E-state index contributed by atoms with van der Waals surface area (Å²) in [5.74, 6) is -0.134. The van der Waals surface area contributed by atoms with Crippen molar-refractivity contribution >= 4 is 29.3 Å². The van der Waals surface area contributed by atoms with E-state index >= 15 is 0 Å². The molecule has 1 heterocycles. The van der Waals surface area contributed by atoms with Gasteiger partial charge >= 0.3 is 0 Å². The third-order valence-corrected chi connectivity index (χ3v) is 5.26. The van der Waals surface area contributed by atoms with Crippen LogP contribution in [-0.4, -0.2) is 35.1 Å². The Labute approximate surface area is 159 Å². The molecule has 2 amide bonds. The molecule has 0 aromatic heterocycles. The van der Waals surface area contributed by atoms with E-state index in [4.69, 9.17) is 0 Å². The van der Waals surface area contributed by atoms with E-state index in [1.54, 1.807) is 30.0 Å². The van der Waals surface area contributed by atoms with Gasteiger partial charge in [0.1, 0.15) is 0 Å². The Bertz CT molecular complexity index is 781. The van der Waals surface area contributed by atoms with E-state index in [-0.39, 0.29) is 11.8 Å². The van der Waals surface area contributed by atoms with Gasteiger partial charge in [-0.05, 0) is 55.3 Å². The lowest BCUT2D eigenvalue weighted by Gasteiger charge is -2.15. The van der Waals surface area contributed by atoms with Crippen molar-refractivity contribution < 1.29 is 9.59 Å². The highest BCUT2D eigenvalue weighted by Gasteiger charge is 2.19. The van der Waals surface area contributed by atoms with Crippen LogP contribution in [0, 0.1) is 0 Å². The van der Waals surface area contributed by atoms with E-state index in [0.717, 1.165) is 30.8 Å². The molecule has 2 aromatic carbocycles. The molecular formula is C21H24N2O2S. The van der Waals surface area contributed by atoms with Crippen molar-refractivity contribution in [1.29, 1.82) is 0 Å². The van der Waals surface area contributed by atoms with Gasteiger partial charge in [-0.2, -0.15) is 0 Å². The van der Waals surface area contributed by atoms with Crippen molar-refractivity contribution in [3.05, 3.63) is 59.7 Å². The van der Waals surface area contributed by atoms with Crippen molar-refractivity contribution in [2.45, 2.75) is 36.8 Å². The monoisotopic (exact) mass is 368 g/mol. The molecule has 3 rings (SSSR count). The van der Waals surface area contributed by atoms with Crippen molar-refractivity contribution in [1.82, 2.24) is 4.90 Å². The maximum absolute atomic E-state index is 12.5. The number of carbonyl (C=O) groups excluding carboxylic acids is 2. The summed E-state index contributed by atoms with van der Waals surface area (Å²) >= 11 is 1.77. The molecule has 1 aliphatic heterocycles. The summed E-state index contributed by atoms with van der Waals surface area (Å²) in [5, 5.41) is 3.39. The fraction of sp³-hybridized carbons (Fsp3) is 0.333. The number of hydrogen-bond donors (Lipinski definition) is 1. The highest BCUT2D eigenvalue weighted by molar-refractivity contribution is 7.99. The Morgan fingerprint density at radius 2 is 1.69 bits per heavy atom. The van der Waals surface area contributed by atoms with Gasteiger partial charge in [-0.1, -0.05) is 19.9 Å². The molecule has 0 atom stereocenters. The van der Waals surface area contributed by atoms with Gasteiger partial charge < -0.3 is 10.2 Å². The summed E-state index contributed by atoms with van der Waals surface area (Å²) in [4.78, 5) is 28.0. The summed E-state index contributed by atoms with van der Waals surface area (Å²) in [6.07, 6.45) is 2.13. The number of thioether (sulfide) groups is 1. The summed E-state index contributed by atoms with van der Waals surface area (Å²) in [7, 11) is 0. The van der Waals surface area contributed by atoms with Crippen LogP contribution in [0.25, 0.3) is 0 Å². The van der Waals surface area contributed by atoms with Crippen molar-refractivity contribution in [3.8, 4) is 0 Å². The molecular weight excluding hydrogens is 344 g/mol. The van der Waals surface area contributed by atoms with Gasteiger partial charge in [0.15, 0.2) is 0 Å².